The summed E-state index contributed by atoms with van der Waals surface area (Å²) >= 11 is 0. The van der Waals surface area contributed by atoms with Crippen molar-refractivity contribution >= 4 is 28.5 Å². The number of aromatic nitrogens is 2. The average Bonchev–Trinajstić information content (AvgIpc) is 2.93. The Kier molecular flexibility index (Phi) is 5.12. The number of anilines is 1. The largest absolute Gasteiger partial charge is 0.423 e. The second-order valence-corrected chi connectivity index (χ2v) is 7.13. The van der Waals surface area contributed by atoms with Gasteiger partial charge in [-0.05, 0) is 43.2 Å². The lowest BCUT2D eigenvalue weighted by Gasteiger charge is -2.11. The van der Waals surface area contributed by atoms with Crippen molar-refractivity contribution in [3.63, 3.8) is 0 Å². The van der Waals surface area contributed by atoms with E-state index in [0.717, 1.165) is 31.5 Å². The van der Waals surface area contributed by atoms with Gasteiger partial charge in [-0.25, -0.2) is 9.78 Å². The lowest BCUT2D eigenvalue weighted by atomic mass is 10.1. The molecule has 7 heteroatoms. The number of carbonyl (C=O) groups is 2. The minimum atomic E-state index is -0.552. The monoisotopic (exact) mass is 391 g/mol. The summed E-state index contributed by atoms with van der Waals surface area (Å²) in [5, 5.41) is 3.15. The maximum Gasteiger partial charge on any atom is 0.343 e. The third-order valence-electron chi connectivity index (χ3n) is 4.92. The van der Waals surface area contributed by atoms with Crippen molar-refractivity contribution in [2.45, 2.75) is 39.2 Å². The number of aryl methyl sites for hydroxylation is 1. The van der Waals surface area contributed by atoms with Gasteiger partial charge in [-0.1, -0.05) is 12.5 Å². The minimum Gasteiger partial charge on any atom is -0.423 e. The highest BCUT2D eigenvalue weighted by molar-refractivity contribution is 5.95. The molecule has 1 N–H and O–H groups in total. The van der Waals surface area contributed by atoms with Gasteiger partial charge in [0, 0.05) is 31.6 Å². The molecule has 4 rings (SSSR count). The molecule has 2 aromatic carbocycles. The molecule has 1 aliphatic rings. The fourth-order valence-corrected chi connectivity index (χ4v) is 3.55. The van der Waals surface area contributed by atoms with Gasteiger partial charge in [-0.15, -0.1) is 0 Å². The SMILES string of the molecule is CC(=O)Nc1cccc(OC(=O)c2ccc3c(=O)n4c(nc3c2)CCCCC4)c1. The molecule has 29 heavy (non-hydrogen) atoms. The number of nitrogens with one attached hydrogen (secondary N) is 1. The van der Waals surface area contributed by atoms with Crippen molar-refractivity contribution < 1.29 is 14.3 Å². The summed E-state index contributed by atoms with van der Waals surface area (Å²) in [6.07, 6.45) is 3.82. The third-order valence-corrected chi connectivity index (χ3v) is 4.92. The van der Waals surface area contributed by atoms with Gasteiger partial charge in [-0.2, -0.15) is 0 Å². The van der Waals surface area contributed by atoms with Crippen LogP contribution in [-0.2, 0) is 17.8 Å². The first-order chi connectivity index (χ1) is 14.0. The summed E-state index contributed by atoms with van der Waals surface area (Å²) in [6, 6.07) is 11.4. The van der Waals surface area contributed by atoms with Crippen LogP contribution in [0, 0.1) is 0 Å². The van der Waals surface area contributed by atoms with Gasteiger partial charge in [0.25, 0.3) is 5.56 Å². The molecule has 0 unspecified atom stereocenters. The minimum absolute atomic E-state index is 0.0603. The number of carbonyl (C=O) groups excluding carboxylic acids is 2. The summed E-state index contributed by atoms with van der Waals surface area (Å²) in [4.78, 5) is 41.2. The molecule has 1 aliphatic heterocycles. The van der Waals surface area contributed by atoms with Crippen molar-refractivity contribution in [1.29, 1.82) is 0 Å². The molecule has 2 heterocycles. The Balaban J connectivity index is 1.63. The number of benzene rings is 2. The van der Waals surface area contributed by atoms with Gasteiger partial charge >= 0.3 is 5.97 Å². The fraction of sp³-hybridized carbons (Fsp3) is 0.273. The standard InChI is InChI=1S/C22H21N3O4/c1-14(26)23-16-6-5-7-17(13-16)29-22(28)15-9-10-18-19(12-15)24-20-8-3-2-4-11-25(20)21(18)27/h5-7,9-10,12-13H,2-4,8,11H2,1H3,(H,23,26). The highest BCUT2D eigenvalue weighted by atomic mass is 16.5. The molecule has 0 spiro atoms. The molecule has 1 amide bonds. The van der Waals surface area contributed by atoms with Crippen LogP contribution < -0.4 is 15.6 Å². The van der Waals surface area contributed by atoms with Crippen LogP contribution in [0.2, 0.25) is 0 Å². The molecule has 0 aliphatic carbocycles. The number of nitrogens with zero attached hydrogens (tertiary/aromatic N) is 2. The van der Waals surface area contributed by atoms with Crippen molar-refractivity contribution in [3.8, 4) is 5.75 Å². The molecule has 148 valence electrons. The van der Waals surface area contributed by atoms with Gasteiger partial charge in [0.2, 0.25) is 5.91 Å². The van der Waals surface area contributed by atoms with Crippen LogP contribution in [-0.4, -0.2) is 21.4 Å². The zero-order valence-corrected chi connectivity index (χ0v) is 16.1. The van der Waals surface area contributed by atoms with Crippen LogP contribution in [0.4, 0.5) is 5.69 Å². The summed E-state index contributed by atoms with van der Waals surface area (Å²) in [6.45, 7) is 2.09. The summed E-state index contributed by atoms with van der Waals surface area (Å²) in [5.74, 6) is 0.327. The summed E-state index contributed by atoms with van der Waals surface area (Å²) in [7, 11) is 0. The van der Waals surface area contributed by atoms with E-state index < -0.39 is 5.97 Å². The molecule has 0 bridgehead atoms. The van der Waals surface area contributed by atoms with Gasteiger partial charge in [0.15, 0.2) is 0 Å². The highest BCUT2D eigenvalue weighted by Crippen LogP contribution is 2.20. The second kappa shape index (κ2) is 7.87. The number of rotatable bonds is 3. The highest BCUT2D eigenvalue weighted by Gasteiger charge is 2.16. The molecule has 0 saturated heterocycles. The van der Waals surface area contributed by atoms with Crippen LogP contribution in [0.5, 0.6) is 5.75 Å². The Morgan fingerprint density at radius 2 is 1.97 bits per heavy atom. The maximum atomic E-state index is 12.8. The molecule has 1 aromatic heterocycles. The smallest absolute Gasteiger partial charge is 0.343 e. The zero-order chi connectivity index (χ0) is 20.4. The van der Waals surface area contributed by atoms with E-state index in [-0.39, 0.29) is 11.5 Å². The van der Waals surface area contributed by atoms with Gasteiger partial charge in [0.1, 0.15) is 11.6 Å². The molecule has 0 saturated carbocycles. The average molecular weight is 391 g/mol. The summed E-state index contributed by atoms with van der Waals surface area (Å²) in [5.41, 5.74) is 1.30. The van der Waals surface area contributed by atoms with E-state index in [0.29, 0.717) is 34.4 Å². The maximum absolute atomic E-state index is 12.8. The first-order valence-electron chi connectivity index (χ1n) is 9.64. The lowest BCUT2D eigenvalue weighted by molar-refractivity contribution is -0.114. The Hall–Kier alpha value is -3.48. The quantitative estimate of drug-likeness (QED) is 0.546. The van der Waals surface area contributed by atoms with E-state index in [2.05, 4.69) is 10.3 Å². The van der Waals surface area contributed by atoms with Crippen LogP contribution in [0.3, 0.4) is 0 Å². The lowest BCUT2D eigenvalue weighted by Crippen LogP contribution is -2.24. The topological polar surface area (TPSA) is 90.3 Å². The molecule has 7 nitrogen and oxygen atoms in total. The molecule has 3 aromatic rings. The predicted molar refractivity (Wildman–Crippen MR) is 109 cm³/mol. The van der Waals surface area contributed by atoms with Crippen LogP contribution in [0.15, 0.2) is 47.3 Å². The number of hydrogen-bond acceptors (Lipinski definition) is 5. The van der Waals surface area contributed by atoms with Crippen LogP contribution in [0.25, 0.3) is 10.9 Å². The summed E-state index contributed by atoms with van der Waals surface area (Å²) < 4.78 is 7.18. The number of amides is 1. The number of esters is 1. The third kappa shape index (κ3) is 4.03. The molecule has 0 atom stereocenters. The van der Waals surface area contributed by atoms with Crippen molar-refractivity contribution in [2.24, 2.45) is 0 Å². The van der Waals surface area contributed by atoms with Crippen molar-refractivity contribution in [2.75, 3.05) is 5.32 Å². The zero-order valence-electron chi connectivity index (χ0n) is 16.1. The Morgan fingerprint density at radius 1 is 1.10 bits per heavy atom. The van der Waals surface area contributed by atoms with Crippen LogP contribution >= 0.6 is 0 Å². The normalized spacial score (nSPS) is 13.4. The first-order valence-corrected chi connectivity index (χ1v) is 9.64. The Morgan fingerprint density at radius 3 is 2.79 bits per heavy atom. The Labute approximate surface area is 167 Å². The predicted octanol–water partition coefficient (Wildman–Crippen LogP) is 3.30. The van der Waals surface area contributed by atoms with Crippen LogP contribution in [0.1, 0.15) is 42.4 Å². The first kappa shape index (κ1) is 18.9. The van der Waals surface area contributed by atoms with E-state index in [9.17, 15) is 14.4 Å². The molecular weight excluding hydrogens is 370 g/mol. The number of ether oxygens (including phenoxy) is 1. The van der Waals surface area contributed by atoms with Gasteiger partial charge in [-0.3, -0.25) is 14.2 Å². The fourth-order valence-electron chi connectivity index (χ4n) is 3.55. The molecule has 0 radical (unpaired) electrons. The van der Waals surface area contributed by atoms with Crippen molar-refractivity contribution in [3.05, 3.63) is 64.2 Å². The van der Waals surface area contributed by atoms with E-state index >= 15 is 0 Å². The number of hydrogen-bond donors (Lipinski definition) is 1. The van der Waals surface area contributed by atoms with E-state index in [4.69, 9.17) is 4.74 Å². The number of fused-ring (bicyclic) bond motifs is 2. The van der Waals surface area contributed by atoms with E-state index in [1.54, 1.807) is 47.0 Å². The second-order valence-electron chi connectivity index (χ2n) is 7.13. The van der Waals surface area contributed by atoms with E-state index in [1.807, 2.05) is 0 Å². The van der Waals surface area contributed by atoms with Crippen molar-refractivity contribution in [1.82, 2.24) is 9.55 Å². The van der Waals surface area contributed by atoms with Gasteiger partial charge < -0.3 is 10.1 Å². The Bertz CT molecular complexity index is 1170. The van der Waals surface area contributed by atoms with Gasteiger partial charge in [0.05, 0.1) is 16.5 Å². The molecular formula is C22H21N3O4. The van der Waals surface area contributed by atoms with E-state index in [1.165, 1.54) is 6.92 Å². The molecule has 0 fully saturated rings.